The number of methoxy groups -OCH3 is 1. The number of hydrogen-bond acceptors (Lipinski definition) is 4. The molecule has 4 nitrogen and oxygen atoms in total. The van der Waals surface area contributed by atoms with Crippen LogP contribution in [-0.2, 0) is 4.74 Å². The molecule has 1 aromatic carbocycles. The van der Waals surface area contributed by atoms with E-state index in [1.807, 2.05) is 13.8 Å². The van der Waals surface area contributed by atoms with Crippen LogP contribution in [0.2, 0.25) is 0 Å². The molecular weight excluding hydrogens is 206 g/mol. The van der Waals surface area contributed by atoms with Crippen LogP contribution in [0.5, 0.6) is 11.5 Å². The summed E-state index contributed by atoms with van der Waals surface area (Å²) in [6.45, 7) is 4.49. The molecule has 4 heteroatoms. The molecule has 0 radical (unpaired) electrons. The summed E-state index contributed by atoms with van der Waals surface area (Å²) in [7, 11) is 1.51. The molecule has 0 saturated heterocycles. The molecule has 0 spiro atoms. The number of phenolic OH excluding ortho intramolecular Hbond substituents is 1. The van der Waals surface area contributed by atoms with Gasteiger partial charge in [-0.05, 0) is 26.0 Å². The molecule has 0 unspecified atom stereocenters. The average molecular weight is 221 g/mol. The van der Waals surface area contributed by atoms with Crippen LogP contribution in [-0.4, -0.2) is 30.3 Å². The van der Waals surface area contributed by atoms with Gasteiger partial charge in [0.05, 0.1) is 18.2 Å². The van der Waals surface area contributed by atoms with Crippen molar-refractivity contribution in [3.63, 3.8) is 0 Å². The maximum Gasteiger partial charge on any atom is 0.220 e. The first kappa shape index (κ1) is 10.8. The van der Waals surface area contributed by atoms with E-state index in [1.54, 1.807) is 18.2 Å². The van der Waals surface area contributed by atoms with Crippen LogP contribution in [0.4, 0.5) is 0 Å². The minimum atomic E-state index is -0.231. The Morgan fingerprint density at radius 1 is 1.44 bits per heavy atom. The van der Waals surface area contributed by atoms with Gasteiger partial charge >= 0.3 is 0 Å². The standard InChI is InChI=1S/C12H15NO3/c1-12(2)7-16-11(13-12)8-5-4-6-9(15-3)10(8)14/h4-6,14H,7H2,1-3H3. The number of benzene rings is 1. The van der Waals surface area contributed by atoms with Gasteiger partial charge in [-0.15, -0.1) is 0 Å². The topological polar surface area (TPSA) is 51.0 Å². The Balaban J connectivity index is 2.42. The molecule has 0 bridgehead atoms. The van der Waals surface area contributed by atoms with Crippen molar-refractivity contribution in [1.29, 1.82) is 0 Å². The van der Waals surface area contributed by atoms with E-state index in [2.05, 4.69) is 4.99 Å². The van der Waals surface area contributed by atoms with E-state index in [4.69, 9.17) is 9.47 Å². The SMILES string of the molecule is COc1cccc(C2=NC(C)(C)CO2)c1O. The van der Waals surface area contributed by atoms with Crippen LogP contribution in [0.15, 0.2) is 23.2 Å². The van der Waals surface area contributed by atoms with Crippen molar-refractivity contribution in [1.82, 2.24) is 0 Å². The molecule has 1 heterocycles. The summed E-state index contributed by atoms with van der Waals surface area (Å²) in [4.78, 5) is 4.41. The first-order valence-corrected chi connectivity index (χ1v) is 5.12. The number of hydrogen-bond donors (Lipinski definition) is 1. The van der Waals surface area contributed by atoms with Gasteiger partial charge in [-0.2, -0.15) is 0 Å². The summed E-state index contributed by atoms with van der Waals surface area (Å²) in [5, 5.41) is 9.93. The summed E-state index contributed by atoms with van der Waals surface area (Å²) < 4.78 is 10.5. The zero-order valence-electron chi connectivity index (χ0n) is 9.65. The minimum Gasteiger partial charge on any atom is -0.504 e. The van der Waals surface area contributed by atoms with Gasteiger partial charge in [-0.3, -0.25) is 0 Å². The highest BCUT2D eigenvalue weighted by Gasteiger charge is 2.28. The van der Waals surface area contributed by atoms with E-state index < -0.39 is 0 Å². The Kier molecular flexibility index (Phi) is 2.50. The van der Waals surface area contributed by atoms with Crippen molar-refractivity contribution in [3.05, 3.63) is 23.8 Å². The maximum absolute atomic E-state index is 9.93. The zero-order chi connectivity index (χ0) is 11.8. The van der Waals surface area contributed by atoms with Gasteiger partial charge in [-0.1, -0.05) is 6.07 Å². The molecule has 1 N–H and O–H groups in total. The van der Waals surface area contributed by atoms with Gasteiger partial charge in [0.1, 0.15) is 6.61 Å². The fraction of sp³-hybridized carbons (Fsp3) is 0.417. The van der Waals surface area contributed by atoms with Gasteiger partial charge in [0.25, 0.3) is 0 Å². The third-order valence-corrected chi connectivity index (χ3v) is 2.42. The van der Waals surface area contributed by atoms with Gasteiger partial charge < -0.3 is 14.6 Å². The van der Waals surface area contributed by atoms with Crippen LogP contribution in [0, 0.1) is 0 Å². The van der Waals surface area contributed by atoms with Crippen molar-refractivity contribution in [2.24, 2.45) is 4.99 Å². The highest BCUT2D eigenvalue weighted by Crippen LogP contribution is 2.32. The van der Waals surface area contributed by atoms with E-state index in [-0.39, 0.29) is 11.3 Å². The number of aliphatic imine (C=N–C) groups is 1. The van der Waals surface area contributed by atoms with Crippen LogP contribution in [0.25, 0.3) is 0 Å². The van der Waals surface area contributed by atoms with E-state index >= 15 is 0 Å². The predicted octanol–water partition coefficient (Wildman–Crippen LogP) is 1.96. The lowest BCUT2D eigenvalue weighted by molar-refractivity contribution is 0.278. The number of nitrogens with zero attached hydrogens (tertiary/aromatic N) is 1. The highest BCUT2D eigenvalue weighted by molar-refractivity contribution is 5.98. The highest BCUT2D eigenvalue weighted by atomic mass is 16.5. The quantitative estimate of drug-likeness (QED) is 0.830. The molecule has 1 aromatic rings. The van der Waals surface area contributed by atoms with Crippen molar-refractivity contribution in [3.8, 4) is 11.5 Å². The van der Waals surface area contributed by atoms with Gasteiger partial charge in [-0.25, -0.2) is 4.99 Å². The molecule has 0 amide bonds. The number of ether oxygens (including phenoxy) is 2. The molecule has 0 saturated carbocycles. The van der Waals surface area contributed by atoms with E-state index in [0.717, 1.165) is 0 Å². The molecule has 1 aliphatic rings. The van der Waals surface area contributed by atoms with Crippen LogP contribution in [0.1, 0.15) is 19.4 Å². The molecular formula is C12H15NO3. The predicted molar refractivity (Wildman–Crippen MR) is 61.2 cm³/mol. The van der Waals surface area contributed by atoms with Crippen molar-refractivity contribution >= 4 is 5.90 Å². The third-order valence-electron chi connectivity index (χ3n) is 2.42. The lowest BCUT2D eigenvalue weighted by atomic mass is 10.1. The fourth-order valence-electron chi connectivity index (χ4n) is 1.58. The molecule has 0 aromatic heterocycles. The minimum absolute atomic E-state index is 0.0708. The Bertz CT molecular complexity index is 438. The van der Waals surface area contributed by atoms with E-state index in [1.165, 1.54) is 7.11 Å². The van der Waals surface area contributed by atoms with Crippen LogP contribution < -0.4 is 4.74 Å². The first-order valence-electron chi connectivity index (χ1n) is 5.12. The molecule has 0 aliphatic carbocycles. The molecule has 2 rings (SSSR count). The number of phenols is 1. The monoisotopic (exact) mass is 221 g/mol. The third kappa shape index (κ3) is 1.83. The number of aromatic hydroxyl groups is 1. The Labute approximate surface area is 94.5 Å². The fourth-order valence-corrected chi connectivity index (χ4v) is 1.58. The molecule has 0 fully saturated rings. The Morgan fingerprint density at radius 3 is 2.75 bits per heavy atom. The van der Waals surface area contributed by atoms with Gasteiger partial charge in [0.2, 0.25) is 5.90 Å². The summed E-state index contributed by atoms with van der Waals surface area (Å²) in [5.41, 5.74) is 0.343. The lowest BCUT2D eigenvalue weighted by Gasteiger charge is -2.08. The van der Waals surface area contributed by atoms with E-state index in [9.17, 15) is 5.11 Å². The molecule has 1 aliphatic heterocycles. The Hall–Kier alpha value is -1.71. The summed E-state index contributed by atoms with van der Waals surface area (Å²) in [6.07, 6.45) is 0. The van der Waals surface area contributed by atoms with Gasteiger partial charge in [0, 0.05) is 0 Å². The van der Waals surface area contributed by atoms with Crippen LogP contribution >= 0.6 is 0 Å². The second-order valence-corrected chi connectivity index (χ2v) is 4.37. The van der Waals surface area contributed by atoms with Gasteiger partial charge in [0.15, 0.2) is 11.5 Å². The lowest BCUT2D eigenvalue weighted by Crippen LogP contribution is -2.17. The average Bonchev–Trinajstić information content (AvgIpc) is 2.59. The molecule has 86 valence electrons. The van der Waals surface area contributed by atoms with Crippen molar-refractivity contribution in [2.45, 2.75) is 19.4 Å². The van der Waals surface area contributed by atoms with Crippen molar-refractivity contribution < 1.29 is 14.6 Å². The number of rotatable bonds is 2. The molecule has 16 heavy (non-hydrogen) atoms. The normalized spacial score (nSPS) is 17.8. The second-order valence-electron chi connectivity index (χ2n) is 4.37. The molecule has 0 atom stereocenters. The first-order chi connectivity index (χ1) is 7.53. The maximum atomic E-state index is 9.93. The Morgan fingerprint density at radius 2 is 2.19 bits per heavy atom. The summed E-state index contributed by atoms with van der Waals surface area (Å²) >= 11 is 0. The van der Waals surface area contributed by atoms with Crippen molar-refractivity contribution in [2.75, 3.05) is 13.7 Å². The summed E-state index contributed by atoms with van der Waals surface area (Å²) in [5.74, 6) is 0.969. The largest absolute Gasteiger partial charge is 0.504 e. The second kappa shape index (κ2) is 3.70. The van der Waals surface area contributed by atoms with Crippen LogP contribution in [0.3, 0.4) is 0 Å². The number of para-hydroxylation sites is 1. The zero-order valence-corrected chi connectivity index (χ0v) is 9.65. The summed E-state index contributed by atoms with van der Waals surface area (Å²) in [6, 6.07) is 5.25. The smallest absolute Gasteiger partial charge is 0.220 e. The van der Waals surface area contributed by atoms with E-state index in [0.29, 0.717) is 23.8 Å².